The monoisotopic (exact) mass is 686 g/mol. The molecule has 0 spiro atoms. The van der Waals surface area contributed by atoms with E-state index in [1.54, 1.807) is 6.07 Å². The lowest BCUT2D eigenvalue weighted by Gasteiger charge is -2.19. The molecule has 0 aliphatic carbocycles. The zero-order valence-electron chi connectivity index (χ0n) is 29.1. The smallest absolute Gasteiger partial charge is 0.0998 e. The Bertz CT molecular complexity index is 3030. The number of hydrogen-bond acceptors (Lipinski definition) is 2. The number of para-hydroxylation sites is 2. The van der Waals surface area contributed by atoms with E-state index in [0.717, 1.165) is 82.8 Å². The molecule has 0 amide bonds. The third-order valence-electron chi connectivity index (χ3n) is 10.6. The number of benzene rings is 8. The molecule has 0 fully saturated rings. The van der Waals surface area contributed by atoms with Crippen LogP contribution in [0.4, 0.5) is 0 Å². The van der Waals surface area contributed by atoms with Crippen LogP contribution in [-0.2, 0) is 0 Å². The standard InChI is InChI=1S/C50H30N4/c51-31-37-17-12-18-38(32-52)48(37)49-47(28-25-41-40-21-10-11-22-44(40)53(50(41)49)39-19-8-3-9-20-39)54-45-26-23-35(33-13-4-1-5-14-33)29-42(45)43-30-36(24-27-46(43)54)34-15-6-2-7-16-34/h1-30H. The number of rotatable bonds is 5. The molecule has 2 aromatic heterocycles. The van der Waals surface area contributed by atoms with Gasteiger partial charge in [0, 0.05) is 38.4 Å². The highest BCUT2D eigenvalue weighted by Crippen LogP contribution is 2.46. The second-order valence-corrected chi connectivity index (χ2v) is 13.5. The van der Waals surface area contributed by atoms with E-state index < -0.39 is 0 Å². The molecule has 0 bridgehead atoms. The summed E-state index contributed by atoms with van der Waals surface area (Å²) in [6.07, 6.45) is 0. The van der Waals surface area contributed by atoms with Crippen molar-refractivity contribution in [3.05, 3.63) is 193 Å². The Morgan fingerprint density at radius 2 is 0.870 bits per heavy atom. The Hall–Kier alpha value is -7.66. The van der Waals surface area contributed by atoms with Crippen LogP contribution in [0, 0.1) is 22.7 Å². The molecule has 10 rings (SSSR count). The zero-order chi connectivity index (χ0) is 36.2. The molecule has 0 aliphatic rings. The van der Waals surface area contributed by atoms with E-state index in [1.165, 1.54) is 0 Å². The van der Waals surface area contributed by atoms with Gasteiger partial charge in [0.1, 0.15) is 0 Å². The van der Waals surface area contributed by atoms with E-state index in [9.17, 15) is 10.5 Å². The quantitative estimate of drug-likeness (QED) is 0.181. The van der Waals surface area contributed by atoms with Crippen molar-refractivity contribution in [2.75, 3.05) is 0 Å². The predicted molar refractivity (Wildman–Crippen MR) is 221 cm³/mol. The highest BCUT2D eigenvalue weighted by atomic mass is 15.0. The Kier molecular flexibility index (Phi) is 7.22. The van der Waals surface area contributed by atoms with Crippen LogP contribution in [0.3, 0.4) is 0 Å². The van der Waals surface area contributed by atoms with E-state index in [-0.39, 0.29) is 0 Å². The van der Waals surface area contributed by atoms with Crippen molar-refractivity contribution in [2.45, 2.75) is 0 Å². The molecule has 0 aliphatic heterocycles. The van der Waals surface area contributed by atoms with Gasteiger partial charge in [0.2, 0.25) is 0 Å². The molecule has 250 valence electrons. The van der Waals surface area contributed by atoms with Crippen molar-refractivity contribution in [3.63, 3.8) is 0 Å². The summed E-state index contributed by atoms with van der Waals surface area (Å²) in [5, 5.41) is 25.7. The van der Waals surface area contributed by atoms with Crippen LogP contribution >= 0.6 is 0 Å². The fraction of sp³-hybridized carbons (Fsp3) is 0. The third-order valence-corrected chi connectivity index (χ3v) is 10.6. The maximum atomic E-state index is 10.7. The maximum Gasteiger partial charge on any atom is 0.0998 e. The van der Waals surface area contributed by atoms with E-state index in [1.807, 2.05) is 42.5 Å². The van der Waals surface area contributed by atoms with Gasteiger partial charge in [-0.05, 0) is 82.9 Å². The van der Waals surface area contributed by atoms with Crippen molar-refractivity contribution < 1.29 is 0 Å². The number of nitriles is 2. The first-order valence-electron chi connectivity index (χ1n) is 18.0. The van der Waals surface area contributed by atoms with Crippen LogP contribution < -0.4 is 0 Å². The van der Waals surface area contributed by atoms with Gasteiger partial charge >= 0.3 is 0 Å². The Morgan fingerprint density at radius 3 is 1.44 bits per heavy atom. The van der Waals surface area contributed by atoms with Crippen LogP contribution in [0.15, 0.2) is 182 Å². The number of hydrogen-bond donors (Lipinski definition) is 0. The minimum atomic E-state index is 0.450. The summed E-state index contributed by atoms with van der Waals surface area (Å²) in [6, 6.07) is 67.8. The molecule has 0 N–H and O–H groups in total. The van der Waals surface area contributed by atoms with Gasteiger partial charge in [-0.1, -0.05) is 121 Å². The maximum absolute atomic E-state index is 10.7. The molecule has 8 aromatic carbocycles. The molecule has 4 nitrogen and oxygen atoms in total. The molecule has 4 heteroatoms. The van der Waals surface area contributed by atoms with E-state index >= 15 is 0 Å². The minimum absolute atomic E-state index is 0.450. The summed E-state index contributed by atoms with van der Waals surface area (Å²) in [7, 11) is 0. The SMILES string of the molecule is N#Cc1cccc(C#N)c1-c1c(-n2c3ccc(-c4ccccc4)cc3c3cc(-c4ccccc4)ccc32)ccc2c3ccccc3n(-c3ccccc3)c12. The van der Waals surface area contributed by atoms with Gasteiger partial charge in [-0.15, -0.1) is 0 Å². The number of aromatic nitrogens is 2. The van der Waals surface area contributed by atoms with Crippen molar-refractivity contribution in [1.29, 1.82) is 10.5 Å². The van der Waals surface area contributed by atoms with Gasteiger partial charge in [0.05, 0.1) is 51.0 Å². The Morgan fingerprint density at radius 1 is 0.352 bits per heavy atom. The van der Waals surface area contributed by atoms with E-state index in [4.69, 9.17) is 0 Å². The topological polar surface area (TPSA) is 57.4 Å². The van der Waals surface area contributed by atoms with Crippen molar-refractivity contribution in [3.8, 4) is 56.9 Å². The second-order valence-electron chi connectivity index (χ2n) is 13.5. The highest BCUT2D eigenvalue weighted by molar-refractivity contribution is 6.18. The molecule has 0 atom stereocenters. The third kappa shape index (κ3) is 4.76. The molecule has 0 saturated carbocycles. The van der Waals surface area contributed by atoms with E-state index in [0.29, 0.717) is 16.7 Å². The largest absolute Gasteiger partial charge is 0.309 e. The fourth-order valence-electron chi connectivity index (χ4n) is 8.24. The summed E-state index contributed by atoms with van der Waals surface area (Å²) in [5.74, 6) is 0. The van der Waals surface area contributed by atoms with E-state index in [2.05, 4.69) is 155 Å². The first-order chi connectivity index (χ1) is 26.7. The van der Waals surface area contributed by atoms with Gasteiger partial charge in [-0.25, -0.2) is 0 Å². The van der Waals surface area contributed by atoms with Crippen LogP contribution in [0.1, 0.15) is 11.1 Å². The van der Waals surface area contributed by atoms with Crippen LogP contribution in [0.25, 0.3) is 88.4 Å². The summed E-state index contributed by atoms with van der Waals surface area (Å²) in [4.78, 5) is 0. The molecule has 10 aromatic rings. The first kappa shape index (κ1) is 31.1. The molecular formula is C50H30N4. The second kappa shape index (κ2) is 12.5. The Labute approximate surface area is 312 Å². The van der Waals surface area contributed by atoms with Crippen LogP contribution in [-0.4, -0.2) is 9.13 Å². The average Bonchev–Trinajstić information content (AvgIpc) is 3.76. The number of fused-ring (bicyclic) bond motifs is 6. The average molecular weight is 687 g/mol. The summed E-state index contributed by atoms with van der Waals surface area (Å²) >= 11 is 0. The van der Waals surface area contributed by atoms with Crippen molar-refractivity contribution in [2.24, 2.45) is 0 Å². The van der Waals surface area contributed by atoms with Gasteiger partial charge in [0.15, 0.2) is 0 Å². The molecule has 0 unspecified atom stereocenters. The van der Waals surface area contributed by atoms with Gasteiger partial charge in [0.25, 0.3) is 0 Å². The lowest BCUT2D eigenvalue weighted by atomic mass is 9.91. The van der Waals surface area contributed by atoms with Crippen LogP contribution in [0.2, 0.25) is 0 Å². The summed E-state index contributed by atoms with van der Waals surface area (Å²) < 4.78 is 4.61. The fourth-order valence-corrected chi connectivity index (χ4v) is 8.24. The highest BCUT2D eigenvalue weighted by Gasteiger charge is 2.26. The first-order valence-corrected chi connectivity index (χ1v) is 18.0. The normalized spacial score (nSPS) is 11.3. The number of nitrogens with zero attached hydrogens (tertiary/aromatic N) is 4. The summed E-state index contributed by atoms with van der Waals surface area (Å²) in [6.45, 7) is 0. The molecule has 0 radical (unpaired) electrons. The summed E-state index contributed by atoms with van der Waals surface area (Å²) in [5.41, 5.74) is 12.9. The molecule has 54 heavy (non-hydrogen) atoms. The van der Waals surface area contributed by atoms with Gasteiger partial charge < -0.3 is 9.13 Å². The van der Waals surface area contributed by atoms with Gasteiger partial charge in [-0.3, -0.25) is 0 Å². The predicted octanol–water partition coefficient (Wildman–Crippen LogP) is 12.6. The molecule has 0 saturated heterocycles. The lowest BCUT2D eigenvalue weighted by molar-refractivity contribution is 1.15. The Balaban J connectivity index is 1.40. The lowest BCUT2D eigenvalue weighted by Crippen LogP contribution is -2.03. The molecule has 2 heterocycles. The zero-order valence-corrected chi connectivity index (χ0v) is 29.1. The van der Waals surface area contributed by atoms with Crippen molar-refractivity contribution in [1.82, 2.24) is 9.13 Å². The molecular weight excluding hydrogens is 657 g/mol. The van der Waals surface area contributed by atoms with Crippen molar-refractivity contribution >= 4 is 43.6 Å². The minimum Gasteiger partial charge on any atom is -0.309 e. The van der Waals surface area contributed by atoms with Gasteiger partial charge in [-0.2, -0.15) is 10.5 Å². The van der Waals surface area contributed by atoms with Crippen LogP contribution in [0.5, 0.6) is 0 Å².